The zero-order chi connectivity index (χ0) is 25.1. The van der Waals surface area contributed by atoms with Crippen molar-refractivity contribution in [3.05, 3.63) is 69.8 Å². The molecule has 1 saturated carbocycles. The van der Waals surface area contributed by atoms with Crippen LogP contribution in [0.25, 0.3) is 0 Å². The summed E-state index contributed by atoms with van der Waals surface area (Å²) < 4.78 is 4.96. The molecule has 0 N–H and O–H groups in total. The molecule has 0 radical (unpaired) electrons. The quantitative estimate of drug-likeness (QED) is 0.257. The maximum absolute atomic E-state index is 13.5. The van der Waals surface area contributed by atoms with Gasteiger partial charge in [-0.05, 0) is 56.2 Å². The molecule has 35 heavy (non-hydrogen) atoms. The third kappa shape index (κ3) is 4.77. The smallest absolute Gasteiger partial charge is 0.338 e. The lowest BCUT2D eigenvalue weighted by molar-refractivity contribution is -0.384. The highest BCUT2D eigenvalue weighted by Crippen LogP contribution is 2.33. The number of nitro groups is 1. The van der Waals surface area contributed by atoms with Gasteiger partial charge in [0, 0.05) is 23.7 Å². The standard InChI is InChI=1S/C25H25N3O7/c1-2-35-25(32)17-9-11-19(12-10-17)27-22(29)15-21(24(27)31)26(18-5-3-4-6-18)23(30)16-7-13-20(14-8-16)28(33)34/h7-14,18,21H,2-6,15H2,1H3. The lowest BCUT2D eigenvalue weighted by Crippen LogP contribution is -2.50. The van der Waals surface area contributed by atoms with Crippen molar-refractivity contribution in [1.82, 2.24) is 4.90 Å². The molecule has 2 aromatic rings. The predicted octanol–water partition coefficient (Wildman–Crippen LogP) is 3.49. The minimum atomic E-state index is -0.974. The molecule has 1 heterocycles. The van der Waals surface area contributed by atoms with Gasteiger partial charge in [-0.2, -0.15) is 0 Å². The Kier molecular flexibility index (Phi) is 6.90. The van der Waals surface area contributed by atoms with Crippen molar-refractivity contribution in [1.29, 1.82) is 0 Å². The summed E-state index contributed by atoms with van der Waals surface area (Å²) in [6, 6.07) is 10.0. The lowest BCUT2D eigenvalue weighted by atomic mass is 10.1. The molecule has 0 spiro atoms. The summed E-state index contributed by atoms with van der Waals surface area (Å²) in [5.74, 6) is -1.89. The molecule has 10 nitrogen and oxygen atoms in total. The van der Waals surface area contributed by atoms with Crippen LogP contribution in [0.1, 0.15) is 59.7 Å². The van der Waals surface area contributed by atoms with E-state index in [1.807, 2.05) is 0 Å². The zero-order valence-electron chi connectivity index (χ0n) is 19.2. The van der Waals surface area contributed by atoms with Crippen LogP contribution in [0.15, 0.2) is 48.5 Å². The molecule has 1 atom stereocenters. The number of nitrogens with zero attached hydrogens (tertiary/aromatic N) is 3. The molecule has 0 bridgehead atoms. The van der Waals surface area contributed by atoms with Gasteiger partial charge in [0.05, 0.1) is 29.2 Å². The summed E-state index contributed by atoms with van der Waals surface area (Å²) >= 11 is 0. The summed E-state index contributed by atoms with van der Waals surface area (Å²) in [4.78, 5) is 64.7. The van der Waals surface area contributed by atoms with Gasteiger partial charge in [-0.3, -0.25) is 24.5 Å². The first-order chi connectivity index (χ1) is 16.8. The normalized spacial score (nSPS) is 18.1. The van der Waals surface area contributed by atoms with Gasteiger partial charge >= 0.3 is 5.97 Å². The zero-order valence-corrected chi connectivity index (χ0v) is 19.2. The van der Waals surface area contributed by atoms with Crippen molar-refractivity contribution in [2.75, 3.05) is 11.5 Å². The van der Waals surface area contributed by atoms with E-state index in [9.17, 15) is 29.3 Å². The molecular formula is C25H25N3O7. The lowest BCUT2D eigenvalue weighted by Gasteiger charge is -2.33. The molecule has 10 heteroatoms. The Morgan fingerprint density at radius 3 is 2.20 bits per heavy atom. The van der Waals surface area contributed by atoms with Gasteiger partial charge in [0.25, 0.3) is 17.5 Å². The fourth-order valence-corrected chi connectivity index (χ4v) is 4.68. The number of hydrogen-bond acceptors (Lipinski definition) is 7. The molecule has 1 aliphatic heterocycles. The Hall–Kier alpha value is -4.08. The number of rotatable bonds is 7. The topological polar surface area (TPSA) is 127 Å². The second kappa shape index (κ2) is 10.0. The van der Waals surface area contributed by atoms with Crippen LogP contribution in [0.4, 0.5) is 11.4 Å². The third-order valence-corrected chi connectivity index (χ3v) is 6.37. The second-order valence-corrected chi connectivity index (χ2v) is 8.51. The average Bonchev–Trinajstić information content (AvgIpc) is 3.48. The van der Waals surface area contributed by atoms with E-state index < -0.39 is 34.7 Å². The Balaban J connectivity index is 1.61. The number of ether oxygens (including phenoxy) is 1. The van der Waals surface area contributed by atoms with E-state index in [1.165, 1.54) is 53.4 Å². The van der Waals surface area contributed by atoms with E-state index in [2.05, 4.69) is 0 Å². The summed E-state index contributed by atoms with van der Waals surface area (Å²) in [7, 11) is 0. The summed E-state index contributed by atoms with van der Waals surface area (Å²) in [5, 5.41) is 11.0. The van der Waals surface area contributed by atoms with Crippen LogP contribution in [0.5, 0.6) is 0 Å². The van der Waals surface area contributed by atoms with Gasteiger partial charge < -0.3 is 9.64 Å². The highest BCUT2D eigenvalue weighted by Gasteiger charge is 2.47. The first-order valence-corrected chi connectivity index (χ1v) is 11.5. The number of esters is 1. The van der Waals surface area contributed by atoms with Gasteiger partial charge in [0.15, 0.2) is 0 Å². The number of carbonyl (C=O) groups is 4. The van der Waals surface area contributed by atoms with Crippen LogP contribution in [-0.4, -0.2) is 52.2 Å². The summed E-state index contributed by atoms with van der Waals surface area (Å²) in [6.07, 6.45) is 3.08. The van der Waals surface area contributed by atoms with Gasteiger partial charge in [-0.15, -0.1) is 0 Å². The first kappa shape index (κ1) is 24.1. The summed E-state index contributed by atoms with van der Waals surface area (Å²) in [5.41, 5.74) is 0.690. The number of non-ortho nitro benzene ring substituents is 1. The van der Waals surface area contributed by atoms with Crippen molar-refractivity contribution in [2.45, 2.75) is 51.1 Å². The summed E-state index contributed by atoms with van der Waals surface area (Å²) in [6.45, 7) is 1.92. The van der Waals surface area contributed by atoms with Gasteiger partial charge in [-0.1, -0.05) is 12.8 Å². The number of hydrogen-bond donors (Lipinski definition) is 0. The SMILES string of the molecule is CCOC(=O)c1ccc(N2C(=O)CC(N(C(=O)c3ccc([N+](=O)[O-])cc3)C3CCCC3)C2=O)cc1. The molecule has 4 rings (SSSR count). The number of benzene rings is 2. The van der Waals surface area contributed by atoms with Gasteiger partial charge in [0.2, 0.25) is 5.91 Å². The molecule has 182 valence electrons. The maximum Gasteiger partial charge on any atom is 0.338 e. The second-order valence-electron chi connectivity index (χ2n) is 8.51. The molecule has 3 amide bonds. The van der Waals surface area contributed by atoms with Crippen molar-refractivity contribution in [3.8, 4) is 0 Å². The average molecular weight is 479 g/mol. The van der Waals surface area contributed by atoms with E-state index in [1.54, 1.807) is 6.92 Å². The molecule has 1 unspecified atom stereocenters. The number of carbonyl (C=O) groups excluding carboxylic acids is 4. The van der Waals surface area contributed by atoms with Crippen LogP contribution in [0, 0.1) is 10.1 Å². The van der Waals surface area contributed by atoms with Crippen LogP contribution >= 0.6 is 0 Å². The van der Waals surface area contributed by atoms with E-state index in [0.29, 0.717) is 24.1 Å². The maximum atomic E-state index is 13.5. The van der Waals surface area contributed by atoms with Crippen LogP contribution in [-0.2, 0) is 14.3 Å². The number of imide groups is 1. The molecule has 2 fully saturated rings. The molecule has 1 aliphatic carbocycles. The van der Waals surface area contributed by atoms with E-state index in [4.69, 9.17) is 4.74 Å². The predicted molar refractivity (Wildman–Crippen MR) is 125 cm³/mol. The Morgan fingerprint density at radius 1 is 1.03 bits per heavy atom. The highest BCUT2D eigenvalue weighted by molar-refractivity contribution is 6.23. The van der Waals surface area contributed by atoms with Crippen LogP contribution in [0.2, 0.25) is 0 Å². The fourth-order valence-electron chi connectivity index (χ4n) is 4.68. The van der Waals surface area contributed by atoms with Gasteiger partial charge in [0.1, 0.15) is 6.04 Å². The fraction of sp³-hybridized carbons (Fsp3) is 0.360. The van der Waals surface area contributed by atoms with Crippen molar-refractivity contribution >= 4 is 35.1 Å². The number of anilines is 1. The Morgan fingerprint density at radius 2 is 1.63 bits per heavy atom. The van der Waals surface area contributed by atoms with Crippen LogP contribution in [0.3, 0.4) is 0 Å². The Bertz CT molecular complexity index is 1150. The largest absolute Gasteiger partial charge is 0.462 e. The molecule has 0 aromatic heterocycles. The van der Waals surface area contributed by atoms with E-state index in [0.717, 1.165) is 17.7 Å². The van der Waals surface area contributed by atoms with E-state index in [-0.39, 0.29) is 30.3 Å². The first-order valence-electron chi connectivity index (χ1n) is 11.5. The highest BCUT2D eigenvalue weighted by atomic mass is 16.6. The minimum absolute atomic E-state index is 0.140. The number of amides is 3. The third-order valence-electron chi connectivity index (χ3n) is 6.37. The van der Waals surface area contributed by atoms with Crippen molar-refractivity contribution < 1.29 is 28.8 Å². The molecule has 2 aliphatic rings. The molecule has 2 aromatic carbocycles. The minimum Gasteiger partial charge on any atom is -0.462 e. The Labute approximate surface area is 201 Å². The molecular weight excluding hydrogens is 454 g/mol. The van der Waals surface area contributed by atoms with E-state index >= 15 is 0 Å². The van der Waals surface area contributed by atoms with Crippen LogP contribution < -0.4 is 4.90 Å². The monoisotopic (exact) mass is 479 g/mol. The van der Waals surface area contributed by atoms with Crippen molar-refractivity contribution in [3.63, 3.8) is 0 Å². The van der Waals surface area contributed by atoms with Crippen molar-refractivity contribution in [2.24, 2.45) is 0 Å². The molecule has 1 saturated heterocycles. The number of nitro benzene ring substituents is 1. The van der Waals surface area contributed by atoms with Gasteiger partial charge in [-0.25, -0.2) is 9.69 Å².